The number of nitrogens with one attached hydrogen (secondary N) is 3. The van der Waals surface area contributed by atoms with Gasteiger partial charge in [0.05, 0.1) is 38.6 Å². The largest absolute Gasteiger partial charge is 0.449 e. The van der Waals surface area contributed by atoms with Crippen LogP contribution in [-0.4, -0.2) is 56.3 Å². The zero-order valence-corrected chi connectivity index (χ0v) is 38.1. The zero-order chi connectivity index (χ0) is 46.8. The number of carbonyl (C=O) groups is 3. The van der Waals surface area contributed by atoms with E-state index in [1.165, 1.54) is 0 Å². The van der Waals surface area contributed by atoms with Crippen molar-refractivity contribution in [2.24, 2.45) is 20.4 Å². The summed E-state index contributed by atoms with van der Waals surface area (Å²) in [7, 11) is 0. The highest BCUT2D eigenvalue weighted by Gasteiger charge is 2.35. The quantitative estimate of drug-likeness (QED) is 0.0635. The SMILES string of the molecule is CC(COC(=O)NC(C)(C)c1cccc(C(C)(C)N=C=O)c1)(COC(=O)NC(C)(C)c1cccc(C(C)(C)N=C=O)c1)COC(=O)NC(C)(C)c1cccc(C(C)(C)N=C=O)c1. The number of isocyanates is 3. The van der Waals surface area contributed by atoms with Crippen molar-refractivity contribution in [3.63, 3.8) is 0 Å². The van der Waals surface area contributed by atoms with E-state index in [2.05, 4.69) is 30.9 Å². The van der Waals surface area contributed by atoms with Gasteiger partial charge in [0.25, 0.3) is 0 Å². The predicted octanol–water partition coefficient (Wildman–Crippen LogP) is 8.69. The van der Waals surface area contributed by atoms with E-state index >= 15 is 0 Å². The van der Waals surface area contributed by atoms with Crippen molar-refractivity contribution in [1.82, 2.24) is 16.0 Å². The van der Waals surface area contributed by atoms with Crippen molar-refractivity contribution in [2.45, 2.75) is 123 Å². The smallest absolute Gasteiger partial charge is 0.407 e. The average molecular weight is 853 g/mol. The van der Waals surface area contributed by atoms with Crippen LogP contribution in [0.2, 0.25) is 0 Å². The second-order valence-corrected chi connectivity index (χ2v) is 18.8. The Hall–Kier alpha value is -6.39. The molecule has 0 unspecified atom stereocenters. The van der Waals surface area contributed by atoms with Crippen molar-refractivity contribution in [3.05, 3.63) is 106 Å². The summed E-state index contributed by atoms with van der Waals surface area (Å²) in [6, 6.07) is 21.8. The maximum absolute atomic E-state index is 13.4. The van der Waals surface area contributed by atoms with Gasteiger partial charge in [-0.3, -0.25) is 0 Å². The zero-order valence-electron chi connectivity index (χ0n) is 38.1. The van der Waals surface area contributed by atoms with Crippen LogP contribution >= 0.6 is 0 Å². The first-order chi connectivity index (χ1) is 28.6. The van der Waals surface area contributed by atoms with E-state index < -0.39 is 56.9 Å². The second-order valence-electron chi connectivity index (χ2n) is 18.8. The highest BCUT2D eigenvalue weighted by atomic mass is 16.6. The Labute approximate surface area is 364 Å². The minimum absolute atomic E-state index is 0.341. The van der Waals surface area contributed by atoms with E-state index in [0.29, 0.717) is 16.7 Å². The summed E-state index contributed by atoms with van der Waals surface area (Å²) in [4.78, 5) is 85.1. The maximum atomic E-state index is 13.4. The van der Waals surface area contributed by atoms with Crippen LogP contribution in [0.5, 0.6) is 0 Å². The van der Waals surface area contributed by atoms with E-state index in [9.17, 15) is 28.8 Å². The molecule has 3 N–H and O–H groups in total. The molecule has 15 nitrogen and oxygen atoms in total. The van der Waals surface area contributed by atoms with E-state index in [-0.39, 0.29) is 19.8 Å². The van der Waals surface area contributed by atoms with Gasteiger partial charge in [-0.2, -0.15) is 15.0 Å². The van der Waals surface area contributed by atoms with Crippen LogP contribution in [0.15, 0.2) is 87.8 Å². The highest BCUT2D eigenvalue weighted by Crippen LogP contribution is 2.32. The molecule has 3 amide bonds. The fourth-order valence-corrected chi connectivity index (χ4v) is 6.34. The lowest BCUT2D eigenvalue weighted by Gasteiger charge is -2.33. The topological polar surface area (TPSA) is 203 Å². The highest BCUT2D eigenvalue weighted by molar-refractivity contribution is 5.70. The lowest BCUT2D eigenvalue weighted by atomic mass is 9.88. The fraction of sp³-hybridized carbons (Fsp3) is 0.489. The minimum atomic E-state index is -1.26. The van der Waals surface area contributed by atoms with Crippen LogP contribution in [0, 0.1) is 5.41 Å². The predicted molar refractivity (Wildman–Crippen MR) is 233 cm³/mol. The number of alkyl carbamates (subject to hydrolysis) is 3. The Balaban J connectivity index is 1.82. The number of ether oxygens (including phenoxy) is 3. The van der Waals surface area contributed by atoms with Crippen molar-refractivity contribution in [2.75, 3.05) is 19.8 Å². The molecule has 62 heavy (non-hydrogen) atoms. The Bertz CT molecular complexity index is 2010. The van der Waals surface area contributed by atoms with E-state index in [1.807, 2.05) is 54.6 Å². The van der Waals surface area contributed by atoms with Crippen molar-refractivity contribution >= 4 is 36.5 Å². The van der Waals surface area contributed by atoms with Crippen LogP contribution in [0.25, 0.3) is 0 Å². The van der Waals surface area contributed by atoms with E-state index in [4.69, 9.17) is 14.2 Å². The summed E-state index contributed by atoms with van der Waals surface area (Å²) in [5.74, 6) is 0. The Morgan fingerprint density at radius 2 is 0.661 bits per heavy atom. The van der Waals surface area contributed by atoms with E-state index in [1.54, 1.807) is 126 Å². The summed E-state index contributed by atoms with van der Waals surface area (Å²) < 4.78 is 17.2. The number of rotatable bonds is 18. The van der Waals surface area contributed by atoms with Crippen molar-refractivity contribution < 1.29 is 43.0 Å². The van der Waals surface area contributed by atoms with Gasteiger partial charge in [0.2, 0.25) is 18.2 Å². The van der Waals surface area contributed by atoms with Crippen LogP contribution in [0.1, 0.15) is 123 Å². The van der Waals surface area contributed by atoms with Crippen molar-refractivity contribution in [1.29, 1.82) is 0 Å². The van der Waals surface area contributed by atoms with Gasteiger partial charge >= 0.3 is 18.3 Å². The Morgan fingerprint density at radius 3 is 0.887 bits per heavy atom. The molecule has 0 heterocycles. The normalized spacial score (nSPS) is 13.1. The molecule has 3 rings (SSSR count). The summed E-state index contributed by atoms with van der Waals surface area (Å²) in [6.07, 6.45) is 2.44. The summed E-state index contributed by atoms with van der Waals surface area (Å²) in [5, 5.41) is 8.59. The molecular weight excluding hydrogens is 793 g/mol. The molecular formula is C47H60N6O9. The lowest BCUT2D eigenvalue weighted by molar-refractivity contribution is -0.00793. The number of hydrogen-bond acceptors (Lipinski definition) is 12. The van der Waals surface area contributed by atoms with Gasteiger partial charge in [0.1, 0.15) is 19.8 Å². The molecule has 0 radical (unpaired) electrons. The third-order valence-corrected chi connectivity index (χ3v) is 10.7. The number of amides is 3. The molecule has 0 atom stereocenters. The molecule has 0 saturated carbocycles. The summed E-state index contributed by atoms with van der Waals surface area (Å²) >= 11 is 0. The monoisotopic (exact) mass is 852 g/mol. The van der Waals surface area contributed by atoms with Crippen LogP contribution in [0.3, 0.4) is 0 Å². The summed E-state index contributed by atoms with van der Waals surface area (Å²) in [6.45, 7) is 22.0. The fourth-order valence-electron chi connectivity index (χ4n) is 6.34. The molecule has 332 valence electrons. The first kappa shape index (κ1) is 50.0. The van der Waals surface area contributed by atoms with Crippen LogP contribution in [-0.2, 0) is 61.8 Å². The number of carbonyl (C=O) groups excluding carboxylic acids is 6. The number of benzene rings is 3. The van der Waals surface area contributed by atoms with Crippen LogP contribution < -0.4 is 16.0 Å². The standard InChI is InChI=1S/C47H60N6O9/c1-41(2,48-29-54)32-17-14-20-35(23-32)44(7,8)51-38(57)60-26-47(13,27-61-39(58)52-45(9,10)36-21-15-18-33(24-36)42(3,4)49-30-55)28-62-40(59)53-46(11,12)37-22-16-19-34(25-37)43(5,6)50-31-56/h14-25H,26-28H2,1-13H3,(H,51,57)(H,52,58)(H,53,59). The van der Waals surface area contributed by atoms with Gasteiger partial charge in [-0.25, -0.2) is 28.8 Å². The van der Waals surface area contributed by atoms with Gasteiger partial charge in [-0.1, -0.05) is 72.8 Å². The lowest BCUT2D eigenvalue weighted by Crippen LogP contribution is -2.47. The molecule has 3 aromatic rings. The molecule has 0 aliphatic heterocycles. The molecule has 15 heteroatoms. The maximum Gasteiger partial charge on any atom is 0.407 e. The van der Waals surface area contributed by atoms with Crippen LogP contribution in [0.4, 0.5) is 14.4 Å². The molecule has 0 aromatic heterocycles. The minimum Gasteiger partial charge on any atom is -0.449 e. The molecule has 0 aliphatic rings. The van der Waals surface area contributed by atoms with Gasteiger partial charge in [-0.05, 0) is 123 Å². The van der Waals surface area contributed by atoms with Crippen molar-refractivity contribution in [3.8, 4) is 0 Å². The third kappa shape index (κ3) is 13.6. The molecule has 0 fully saturated rings. The Morgan fingerprint density at radius 1 is 0.435 bits per heavy atom. The molecule has 3 aromatic carbocycles. The average Bonchev–Trinajstić information content (AvgIpc) is 3.18. The second kappa shape index (κ2) is 19.5. The van der Waals surface area contributed by atoms with Gasteiger partial charge in [0, 0.05) is 0 Å². The third-order valence-electron chi connectivity index (χ3n) is 10.7. The molecule has 0 aliphatic carbocycles. The number of aliphatic imine (C=N–C) groups is 3. The molecule has 0 bridgehead atoms. The van der Waals surface area contributed by atoms with E-state index in [0.717, 1.165) is 16.7 Å². The number of nitrogens with zero attached hydrogens (tertiary/aromatic N) is 3. The first-order valence-electron chi connectivity index (χ1n) is 20.1. The first-order valence-corrected chi connectivity index (χ1v) is 20.1. The molecule has 0 spiro atoms. The van der Waals surface area contributed by atoms with Gasteiger partial charge in [0.15, 0.2) is 0 Å². The number of hydrogen-bond donors (Lipinski definition) is 3. The summed E-state index contributed by atoms with van der Waals surface area (Å²) in [5.41, 5.74) is -2.31. The molecule has 0 saturated heterocycles. The van der Waals surface area contributed by atoms with Gasteiger partial charge < -0.3 is 30.2 Å². The van der Waals surface area contributed by atoms with Gasteiger partial charge in [-0.15, -0.1) is 0 Å². The Kier molecular flexibility index (Phi) is 15.8.